The molecule has 0 saturated heterocycles. The molecule has 102 valence electrons. The minimum Gasteiger partial charge on any atom is -0.495 e. The molecule has 0 amide bonds. The Bertz CT molecular complexity index is 614. The number of benzene rings is 1. The normalized spacial score (nSPS) is 10.8. The van der Waals surface area contributed by atoms with E-state index in [9.17, 15) is 0 Å². The first-order chi connectivity index (χ1) is 9.12. The molecule has 1 aromatic carbocycles. The Morgan fingerprint density at radius 1 is 1.11 bits per heavy atom. The van der Waals surface area contributed by atoms with Gasteiger partial charge in [-0.1, -0.05) is 36.5 Å². The maximum atomic E-state index is 6.33. The van der Waals surface area contributed by atoms with Gasteiger partial charge in [0, 0.05) is 11.5 Å². The lowest BCUT2D eigenvalue weighted by atomic mass is 10.1. The van der Waals surface area contributed by atoms with Crippen molar-refractivity contribution in [2.24, 2.45) is 0 Å². The molecule has 2 rings (SSSR count). The average Bonchev–Trinajstić information content (AvgIpc) is 2.41. The molecule has 0 unspecified atom stereocenters. The molecule has 5 heteroatoms. The molecule has 1 aromatic heterocycles. The van der Waals surface area contributed by atoms with Gasteiger partial charge in [0.15, 0.2) is 0 Å². The van der Waals surface area contributed by atoms with Gasteiger partial charge >= 0.3 is 0 Å². The summed E-state index contributed by atoms with van der Waals surface area (Å²) in [4.78, 5) is 4.40. The third-order valence-electron chi connectivity index (χ3n) is 2.96. The summed E-state index contributed by atoms with van der Waals surface area (Å²) >= 11 is 12.5. The average molecular weight is 300 g/mol. The predicted molar refractivity (Wildman–Crippen MR) is 78.9 cm³/mol. The van der Waals surface area contributed by atoms with Crippen molar-refractivity contribution >= 4 is 34.1 Å². The lowest BCUT2D eigenvalue weighted by Gasteiger charge is -2.12. The summed E-state index contributed by atoms with van der Waals surface area (Å²) in [7, 11) is 3.15. The minimum atomic E-state index is 0.494. The van der Waals surface area contributed by atoms with E-state index in [2.05, 4.69) is 11.9 Å². The Hall–Kier alpha value is -1.19. The number of fused-ring (bicyclic) bond motifs is 1. The number of hydrogen-bond acceptors (Lipinski definition) is 3. The molecular formula is C14H15Cl2NO2. The number of methoxy groups -OCH3 is 2. The highest BCUT2D eigenvalue weighted by Gasteiger charge is 2.15. The van der Waals surface area contributed by atoms with Gasteiger partial charge in [-0.2, -0.15) is 0 Å². The van der Waals surface area contributed by atoms with Crippen LogP contribution in [0.1, 0.15) is 18.9 Å². The van der Waals surface area contributed by atoms with Crippen molar-refractivity contribution in [1.82, 2.24) is 4.98 Å². The van der Waals surface area contributed by atoms with Gasteiger partial charge in [0.1, 0.15) is 22.2 Å². The van der Waals surface area contributed by atoms with Crippen LogP contribution in [0.5, 0.6) is 11.5 Å². The van der Waals surface area contributed by atoms with Crippen molar-refractivity contribution in [3.8, 4) is 11.5 Å². The summed E-state index contributed by atoms with van der Waals surface area (Å²) in [5.74, 6) is 1.17. The van der Waals surface area contributed by atoms with Crippen molar-refractivity contribution in [1.29, 1.82) is 0 Å². The van der Waals surface area contributed by atoms with Crippen LogP contribution in [0.2, 0.25) is 10.2 Å². The Morgan fingerprint density at radius 2 is 1.79 bits per heavy atom. The fourth-order valence-electron chi connectivity index (χ4n) is 2.02. The number of aryl methyl sites for hydroxylation is 1. The van der Waals surface area contributed by atoms with Gasteiger partial charge in [0.05, 0.1) is 19.2 Å². The third kappa shape index (κ3) is 2.58. The maximum Gasteiger partial charge on any atom is 0.148 e. The molecule has 0 aliphatic heterocycles. The summed E-state index contributed by atoms with van der Waals surface area (Å²) in [5, 5.41) is 1.82. The van der Waals surface area contributed by atoms with Gasteiger partial charge in [-0.15, -0.1) is 0 Å². The fraction of sp³-hybridized carbons (Fsp3) is 0.357. The van der Waals surface area contributed by atoms with Crippen LogP contribution in [0.15, 0.2) is 12.1 Å². The van der Waals surface area contributed by atoms with Crippen LogP contribution in [0, 0.1) is 0 Å². The van der Waals surface area contributed by atoms with Gasteiger partial charge in [0.2, 0.25) is 0 Å². The fourth-order valence-corrected chi connectivity index (χ4v) is 2.53. The highest BCUT2D eigenvalue weighted by Crippen LogP contribution is 2.39. The molecule has 0 N–H and O–H groups in total. The van der Waals surface area contributed by atoms with Crippen LogP contribution in [0.4, 0.5) is 0 Å². The number of hydrogen-bond donors (Lipinski definition) is 0. The lowest BCUT2D eigenvalue weighted by molar-refractivity contribution is 0.397. The third-order valence-corrected chi connectivity index (χ3v) is 3.67. The Labute approximate surface area is 122 Å². The van der Waals surface area contributed by atoms with Crippen LogP contribution in [-0.4, -0.2) is 19.2 Å². The van der Waals surface area contributed by atoms with Crippen molar-refractivity contribution in [3.63, 3.8) is 0 Å². The molecule has 0 radical (unpaired) electrons. The number of rotatable bonds is 4. The molecule has 3 nitrogen and oxygen atoms in total. The highest BCUT2D eigenvalue weighted by molar-refractivity contribution is 6.37. The van der Waals surface area contributed by atoms with E-state index in [0.29, 0.717) is 27.2 Å². The van der Waals surface area contributed by atoms with Crippen LogP contribution in [0.3, 0.4) is 0 Å². The first-order valence-electron chi connectivity index (χ1n) is 6.02. The topological polar surface area (TPSA) is 31.4 Å². The summed E-state index contributed by atoms with van der Waals surface area (Å²) in [6, 6.07) is 3.68. The molecule has 0 atom stereocenters. The van der Waals surface area contributed by atoms with Crippen LogP contribution in [-0.2, 0) is 6.42 Å². The highest BCUT2D eigenvalue weighted by atomic mass is 35.5. The largest absolute Gasteiger partial charge is 0.495 e. The zero-order valence-electron chi connectivity index (χ0n) is 11.1. The van der Waals surface area contributed by atoms with E-state index >= 15 is 0 Å². The van der Waals surface area contributed by atoms with Crippen molar-refractivity contribution in [3.05, 3.63) is 27.9 Å². The number of pyridine rings is 1. The zero-order valence-corrected chi connectivity index (χ0v) is 12.6. The number of ether oxygens (including phenoxy) is 2. The number of aromatic nitrogens is 1. The maximum absolute atomic E-state index is 6.33. The predicted octanol–water partition coefficient (Wildman–Crippen LogP) is 4.51. The molecular weight excluding hydrogens is 285 g/mol. The molecule has 19 heavy (non-hydrogen) atoms. The van der Waals surface area contributed by atoms with Crippen molar-refractivity contribution in [2.75, 3.05) is 14.2 Å². The smallest absolute Gasteiger partial charge is 0.148 e. The van der Waals surface area contributed by atoms with Crippen molar-refractivity contribution < 1.29 is 9.47 Å². The number of halogens is 2. The van der Waals surface area contributed by atoms with E-state index in [1.54, 1.807) is 20.3 Å². The van der Waals surface area contributed by atoms with Crippen LogP contribution < -0.4 is 9.47 Å². The summed E-state index contributed by atoms with van der Waals surface area (Å²) in [5.41, 5.74) is 1.63. The van der Waals surface area contributed by atoms with E-state index in [-0.39, 0.29) is 0 Å². The molecule has 0 aliphatic rings. The SMILES string of the molecule is CCCc1cc2c(Cl)c(OC)cc(OC)c2nc1Cl. The van der Waals surface area contributed by atoms with Gasteiger partial charge in [-0.25, -0.2) is 4.98 Å². The summed E-state index contributed by atoms with van der Waals surface area (Å²) in [6.07, 6.45) is 1.85. The Kier molecular flexibility index (Phi) is 4.38. The second kappa shape index (κ2) is 5.85. The summed E-state index contributed by atoms with van der Waals surface area (Å²) in [6.45, 7) is 2.09. The Balaban J connectivity index is 2.78. The molecule has 0 bridgehead atoms. The molecule has 1 heterocycles. The molecule has 0 saturated carbocycles. The van der Waals surface area contributed by atoms with E-state index in [0.717, 1.165) is 23.8 Å². The second-order valence-corrected chi connectivity index (χ2v) is 4.92. The minimum absolute atomic E-state index is 0.494. The molecule has 0 spiro atoms. The first-order valence-corrected chi connectivity index (χ1v) is 6.77. The zero-order chi connectivity index (χ0) is 14.0. The van der Waals surface area contributed by atoms with E-state index in [1.165, 1.54) is 0 Å². The molecule has 0 aliphatic carbocycles. The lowest BCUT2D eigenvalue weighted by Crippen LogP contribution is -1.95. The monoisotopic (exact) mass is 299 g/mol. The van der Waals surface area contributed by atoms with E-state index in [4.69, 9.17) is 32.7 Å². The van der Waals surface area contributed by atoms with Crippen LogP contribution >= 0.6 is 23.2 Å². The second-order valence-electron chi connectivity index (χ2n) is 4.18. The summed E-state index contributed by atoms with van der Waals surface area (Å²) < 4.78 is 10.6. The number of nitrogens with zero attached hydrogens (tertiary/aromatic N) is 1. The van der Waals surface area contributed by atoms with E-state index < -0.39 is 0 Å². The van der Waals surface area contributed by atoms with Crippen LogP contribution in [0.25, 0.3) is 10.9 Å². The molecule has 0 fully saturated rings. The molecule has 2 aromatic rings. The van der Waals surface area contributed by atoms with Gasteiger partial charge in [-0.05, 0) is 18.1 Å². The Morgan fingerprint density at radius 3 is 2.37 bits per heavy atom. The van der Waals surface area contributed by atoms with Gasteiger partial charge < -0.3 is 9.47 Å². The van der Waals surface area contributed by atoms with Crippen molar-refractivity contribution in [2.45, 2.75) is 19.8 Å². The van der Waals surface area contributed by atoms with Gasteiger partial charge in [0.25, 0.3) is 0 Å². The standard InChI is InChI=1S/C14H15Cl2NO2/c1-4-5-8-6-9-12(15)10(18-2)7-11(19-3)13(9)17-14(8)16/h6-7H,4-5H2,1-3H3. The van der Waals surface area contributed by atoms with E-state index in [1.807, 2.05) is 6.07 Å². The quantitative estimate of drug-likeness (QED) is 0.778. The first kappa shape index (κ1) is 14.2. The van der Waals surface area contributed by atoms with Gasteiger partial charge in [-0.3, -0.25) is 0 Å².